The normalized spacial score (nSPS) is 9.82. The van der Waals surface area contributed by atoms with E-state index >= 15 is 0 Å². The van der Waals surface area contributed by atoms with Gasteiger partial charge in [0.2, 0.25) is 0 Å². The molecule has 0 aliphatic rings. The maximum atomic E-state index is 4.86. The van der Waals surface area contributed by atoms with Gasteiger partial charge in [0.25, 0.3) is 5.89 Å². The van der Waals surface area contributed by atoms with Gasteiger partial charge in [0.05, 0.1) is 0 Å². The summed E-state index contributed by atoms with van der Waals surface area (Å²) in [6.07, 6.45) is 1.39. The first-order valence-corrected chi connectivity index (χ1v) is 3.29. The minimum Gasteiger partial charge on any atom is -0.334 e. The molecule has 0 N–H and O–H groups in total. The average Bonchev–Trinajstić information content (AvgIpc) is 2.58. The number of hydrogen-bond acceptors (Lipinski definition) is 3. The first kappa shape index (κ1) is 6.09. The highest BCUT2D eigenvalue weighted by Crippen LogP contribution is 2.13. The molecule has 2 aromatic rings. The highest BCUT2D eigenvalue weighted by molar-refractivity contribution is 5.51. The second-order valence-electron chi connectivity index (χ2n) is 2.11. The molecule has 0 saturated heterocycles. The summed E-state index contributed by atoms with van der Waals surface area (Å²) >= 11 is 0. The van der Waals surface area contributed by atoms with Crippen molar-refractivity contribution in [3.05, 3.63) is 36.7 Å². The van der Waals surface area contributed by atoms with E-state index in [1.54, 1.807) is 0 Å². The third-order valence-corrected chi connectivity index (χ3v) is 1.38. The Bertz CT molecular complexity index is 315. The van der Waals surface area contributed by atoms with Gasteiger partial charge in [0, 0.05) is 5.56 Å². The summed E-state index contributed by atoms with van der Waals surface area (Å²) in [4.78, 5) is 3.91. The minimum absolute atomic E-state index is 0.561. The van der Waals surface area contributed by atoms with Crippen molar-refractivity contribution in [1.82, 2.24) is 10.1 Å². The van der Waals surface area contributed by atoms with Crippen LogP contribution in [0.1, 0.15) is 0 Å². The van der Waals surface area contributed by atoms with Gasteiger partial charge in [-0.25, -0.2) is 0 Å². The predicted molar refractivity (Wildman–Crippen MR) is 39.7 cm³/mol. The summed E-state index contributed by atoms with van der Waals surface area (Å²) in [5.41, 5.74) is 0.949. The molecule has 54 valence electrons. The van der Waals surface area contributed by atoms with Crippen LogP contribution in [0.4, 0.5) is 0 Å². The highest BCUT2D eigenvalue weighted by atomic mass is 16.5. The fourth-order valence-electron chi connectivity index (χ4n) is 0.881. The maximum Gasteiger partial charge on any atom is 0.257 e. The van der Waals surface area contributed by atoms with Crippen LogP contribution in [0.5, 0.6) is 0 Å². The van der Waals surface area contributed by atoms with Gasteiger partial charge in [-0.2, -0.15) is 4.98 Å². The van der Waals surface area contributed by atoms with E-state index in [0.29, 0.717) is 5.89 Å². The van der Waals surface area contributed by atoms with E-state index in [9.17, 15) is 0 Å². The maximum absolute atomic E-state index is 4.86. The first-order valence-electron chi connectivity index (χ1n) is 3.29. The van der Waals surface area contributed by atoms with E-state index in [1.165, 1.54) is 6.33 Å². The van der Waals surface area contributed by atoms with Gasteiger partial charge in [-0.15, -0.1) is 0 Å². The monoisotopic (exact) mass is 146 g/mol. The summed E-state index contributed by atoms with van der Waals surface area (Å²) in [6.45, 7) is 0. The summed E-state index contributed by atoms with van der Waals surface area (Å²) in [5.74, 6) is 0.561. The van der Waals surface area contributed by atoms with E-state index in [4.69, 9.17) is 4.52 Å². The van der Waals surface area contributed by atoms with Gasteiger partial charge in [-0.3, -0.25) is 0 Å². The lowest BCUT2D eigenvalue weighted by Crippen LogP contribution is -1.73. The topological polar surface area (TPSA) is 38.9 Å². The second-order valence-corrected chi connectivity index (χ2v) is 2.11. The van der Waals surface area contributed by atoms with Crippen LogP contribution in [0.2, 0.25) is 0 Å². The lowest BCUT2D eigenvalue weighted by molar-refractivity contribution is 0.430. The quantitative estimate of drug-likeness (QED) is 0.615. The smallest absolute Gasteiger partial charge is 0.257 e. The Morgan fingerprint density at radius 1 is 1.09 bits per heavy atom. The Morgan fingerprint density at radius 2 is 1.91 bits per heavy atom. The summed E-state index contributed by atoms with van der Waals surface area (Å²) in [6, 6.07) is 9.65. The third kappa shape index (κ3) is 1.12. The van der Waals surface area contributed by atoms with Gasteiger partial charge in [0.15, 0.2) is 6.33 Å². The van der Waals surface area contributed by atoms with Crippen LogP contribution in [0.25, 0.3) is 11.5 Å². The van der Waals surface area contributed by atoms with Crippen molar-refractivity contribution in [3.63, 3.8) is 0 Å². The molecule has 0 unspecified atom stereocenters. The fraction of sp³-hybridized carbons (Fsp3) is 0. The molecule has 0 spiro atoms. The SMILES string of the molecule is c1ccc(-c2ncno2)cc1. The molecular formula is C8H6N2O. The molecule has 2 rings (SSSR count). The molecule has 3 heteroatoms. The molecular weight excluding hydrogens is 140 g/mol. The third-order valence-electron chi connectivity index (χ3n) is 1.38. The number of benzene rings is 1. The molecule has 0 aliphatic heterocycles. The van der Waals surface area contributed by atoms with E-state index < -0.39 is 0 Å². The molecule has 0 atom stereocenters. The molecule has 11 heavy (non-hydrogen) atoms. The predicted octanol–water partition coefficient (Wildman–Crippen LogP) is 1.74. The molecule has 1 aromatic heterocycles. The van der Waals surface area contributed by atoms with Gasteiger partial charge < -0.3 is 4.52 Å². The Morgan fingerprint density at radius 3 is 2.55 bits per heavy atom. The van der Waals surface area contributed by atoms with Gasteiger partial charge in [-0.05, 0) is 12.1 Å². The van der Waals surface area contributed by atoms with Gasteiger partial charge in [-0.1, -0.05) is 23.4 Å². The van der Waals surface area contributed by atoms with Crippen LogP contribution in [0.15, 0.2) is 41.2 Å². The fourth-order valence-corrected chi connectivity index (χ4v) is 0.881. The molecule has 1 aromatic carbocycles. The van der Waals surface area contributed by atoms with Crippen molar-refractivity contribution in [2.24, 2.45) is 0 Å². The lowest BCUT2D eigenvalue weighted by Gasteiger charge is -1.89. The average molecular weight is 146 g/mol. The van der Waals surface area contributed by atoms with E-state index in [1.807, 2.05) is 30.3 Å². The van der Waals surface area contributed by atoms with Crippen LogP contribution in [0.3, 0.4) is 0 Å². The Hall–Kier alpha value is -1.64. The Labute approximate surface area is 63.7 Å². The summed E-state index contributed by atoms with van der Waals surface area (Å²) in [5, 5.41) is 3.51. The van der Waals surface area contributed by atoms with Crippen LogP contribution in [-0.2, 0) is 0 Å². The Balaban J connectivity index is 2.46. The second kappa shape index (κ2) is 2.54. The van der Waals surface area contributed by atoms with Crippen molar-refractivity contribution < 1.29 is 4.52 Å². The van der Waals surface area contributed by atoms with E-state index in [2.05, 4.69) is 10.1 Å². The number of hydrogen-bond donors (Lipinski definition) is 0. The van der Waals surface area contributed by atoms with Gasteiger partial charge >= 0.3 is 0 Å². The number of nitrogens with zero attached hydrogens (tertiary/aromatic N) is 2. The molecule has 1 heterocycles. The lowest BCUT2D eigenvalue weighted by atomic mass is 10.2. The van der Waals surface area contributed by atoms with Crippen molar-refractivity contribution in [3.8, 4) is 11.5 Å². The number of aromatic nitrogens is 2. The van der Waals surface area contributed by atoms with E-state index in [-0.39, 0.29) is 0 Å². The minimum atomic E-state index is 0.561. The Kier molecular flexibility index (Phi) is 1.41. The zero-order valence-electron chi connectivity index (χ0n) is 5.77. The van der Waals surface area contributed by atoms with Crippen LogP contribution >= 0.6 is 0 Å². The van der Waals surface area contributed by atoms with Crippen molar-refractivity contribution in [2.45, 2.75) is 0 Å². The van der Waals surface area contributed by atoms with Crippen molar-refractivity contribution >= 4 is 0 Å². The summed E-state index contributed by atoms with van der Waals surface area (Å²) in [7, 11) is 0. The standard InChI is InChI=1S/C8H6N2O/c1-2-4-7(5-3-1)8-9-6-10-11-8/h1-6H. The summed E-state index contributed by atoms with van der Waals surface area (Å²) < 4.78 is 4.86. The molecule has 0 amide bonds. The van der Waals surface area contributed by atoms with Crippen molar-refractivity contribution in [1.29, 1.82) is 0 Å². The van der Waals surface area contributed by atoms with Gasteiger partial charge in [0.1, 0.15) is 0 Å². The highest BCUT2D eigenvalue weighted by Gasteiger charge is 1.99. The molecule has 0 aliphatic carbocycles. The zero-order valence-corrected chi connectivity index (χ0v) is 5.77. The number of rotatable bonds is 1. The van der Waals surface area contributed by atoms with Crippen LogP contribution in [0, 0.1) is 0 Å². The molecule has 0 saturated carbocycles. The first-order chi connectivity index (χ1) is 5.47. The molecule has 0 fully saturated rings. The largest absolute Gasteiger partial charge is 0.334 e. The molecule has 0 bridgehead atoms. The van der Waals surface area contributed by atoms with Crippen LogP contribution in [-0.4, -0.2) is 10.1 Å². The zero-order chi connectivity index (χ0) is 7.52. The van der Waals surface area contributed by atoms with Crippen LogP contribution < -0.4 is 0 Å². The van der Waals surface area contributed by atoms with Crippen molar-refractivity contribution in [2.75, 3.05) is 0 Å². The molecule has 3 nitrogen and oxygen atoms in total. The van der Waals surface area contributed by atoms with E-state index in [0.717, 1.165) is 5.56 Å². The molecule has 0 radical (unpaired) electrons.